The molecule has 1 saturated heterocycles. The molecule has 1 aromatic heterocycles. The Kier molecular flexibility index (Phi) is 6.67. The molecule has 0 radical (unpaired) electrons. The summed E-state index contributed by atoms with van der Waals surface area (Å²) in [5, 5.41) is 8.07. The molecule has 120 valence electrons. The van der Waals surface area contributed by atoms with E-state index in [0.717, 1.165) is 45.8 Å². The first kappa shape index (κ1) is 16.5. The Balaban J connectivity index is 2.11. The quantitative estimate of drug-likeness (QED) is 0.797. The van der Waals surface area contributed by atoms with E-state index in [1.54, 1.807) is 0 Å². The van der Waals surface area contributed by atoms with Crippen molar-refractivity contribution in [3.05, 3.63) is 18.0 Å². The van der Waals surface area contributed by atoms with Gasteiger partial charge in [0.25, 0.3) is 0 Å². The van der Waals surface area contributed by atoms with Crippen molar-refractivity contribution < 1.29 is 4.74 Å². The molecular formula is C16H30N4O. The first-order valence-electron chi connectivity index (χ1n) is 8.39. The van der Waals surface area contributed by atoms with E-state index in [9.17, 15) is 0 Å². The number of likely N-dealkylation sites (N-methyl/N-ethyl adjacent to an activating group) is 1. The van der Waals surface area contributed by atoms with Gasteiger partial charge in [-0.15, -0.1) is 0 Å². The zero-order chi connectivity index (χ0) is 15.1. The third kappa shape index (κ3) is 4.28. The van der Waals surface area contributed by atoms with Gasteiger partial charge in [0.05, 0.1) is 24.4 Å². The minimum absolute atomic E-state index is 0.206. The van der Waals surface area contributed by atoms with Gasteiger partial charge in [0.1, 0.15) is 0 Å². The van der Waals surface area contributed by atoms with Gasteiger partial charge in [-0.05, 0) is 32.0 Å². The minimum atomic E-state index is 0.206. The number of aryl methyl sites for hydroxylation is 1. The molecule has 0 aromatic carbocycles. The van der Waals surface area contributed by atoms with Crippen LogP contribution in [0.15, 0.2) is 12.3 Å². The van der Waals surface area contributed by atoms with E-state index >= 15 is 0 Å². The summed E-state index contributed by atoms with van der Waals surface area (Å²) in [6, 6.07) is 2.36. The molecule has 0 amide bonds. The molecule has 1 aliphatic heterocycles. The lowest BCUT2D eigenvalue weighted by atomic mass is 10.0. The van der Waals surface area contributed by atoms with E-state index in [1.165, 1.54) is 12.1 Å². The molecule has 1 aromatic rings. The van der Waals surface area contributed by atoms with Crippen LogP contribution in [0, 0.1) is 0 Å². The van der Waals surface area contributed by atoms with Crippen LogP contribution < -0.4 is 5.32 Å². The summed E-state index contributed by atoms with van der Waals surface area (Å²) in [5.74, 6) is 0. The molecule has 2 unspecified atom stereocenters. The Labute approximate surface area is 128 Å². The molecule has 2 heterocycles. The average molecular weight is 294 g/mol. The summed E-state index contributed by atoms with van der Waals surface area (Å²) in [7, 11) is 0. The zero-order valence-electron chi connectivity index (χ0n) is 13.7. The van der Waals surface area contributed by atoms with E-state index in [2.05, 4.69) is 46.8 Å². The maximum atomic E-state index is 6.08. The van der Waals surface area contributed by atoms with Crippen LogP contribution in [-0.4, -0.2) is 53.6 Å². The van der Waals surface area contributed by atoms with Crippen LogP contribution in [0.3, 0.4) is 0 Å². The van der Waals surface area contributed by atoms with Crippen LogP contribution in [0.5, 0.6) is 0 Å². The van der Waals surface area contributed by atoms with Crippen molar-refractivity contribution in [2.75, 3.05) is 32.8 Å². The molecule has 0 spiro atoms. The first-order valence-corrected chi connectivity index (χ1v) is 8.39. The molecule has 21 heavy (non-hydrogen) atoms. The van der Waals surface area contributed by atoms with Crippen LogP contribution in [0.25, 0.3) is 0 Å². The summed E-state index contributed by atoms with van der Waals surface area (Å²) in [6.07, 6.45) is 4.41. The zero-order valence-corrected chi connectivity index (χ0v) is 13.7. The van der Waals surface area contributed by atoms with Crippen molar-refractivity contribution in [3.8, 4) is 0 Å². The van der Waals surface area contributed by atoms with Gasteiger partial charge in [-0.1, -0.05) is 20.8 Å². The number of nitrogens with zero attached hydrogens (tertiary/aromatic N) is 3. The average Bonchev–Trinajstić information content (AvgIpc) is 2.94. The maximum Gasteiger partial charge on any atom is 0.0912 e. The maximum absolute atomic E-state index is 6.08. The van der Waals surface area contributed by atoms with Crippen molar-refractivity contribution in [2.24, 2.45) is 0 Å². The van der Waals surface area contributed by atoms with E-state index in [1.807, 2.05) is 6.20 Å². The lowest BCUT2D eigenvalue weighted by Crippen LogP contribution is -2.48. The summed E-state index contributed by atoms with van der Waals surface area (Å²) in [4.78, 5) is 2.51. The van der Waals surface area contributed by atoms with Gasteiger partial charge in [-0.3, -0.25) is 9.58 Å². The topological polar surface area (TPSA) is 42.3 Å². The summed E-state index contributed by atoms with van der Waals surface area (Å²) >= 11 is 0. The normalized spacial score (nSPS) is 21.6. The highest BCUT2D eigenvalue weighted by Crippen LogP contribution is 2.23. The second-order valence-electron chi connectivity index (χ2n) is 5.72. The molecule has 0 bridgehead atoms. The lowest BCUT2D eigenvalue weighted by molar-refractivity contribution is -0.0481. The standard InChI is InChI=1S/C16H30N4O/c1-4-9-19-11-12-21-15(13-19)16(17-6-3)14-7-8-18-20(14)10-5-2/h7-8,15-17H,4-6,9-13H2,1-3H3. The van der Waals surface area contributed by atoms with Crippen molar-refractivity contribution >= 4 is 0 Å². The number of rotatable bonds is 8. The van der Waals surface area contributed by atoms with Crippen LogP contribution in [0.4, 0.5) is 0 Å². The Morgan fingerprint density at radius 1 is 1.33 bits per heavy atom. The van der Waals surface area contributed by atoms with Crippen molar-refractivity contribution in [2.45, 2.75) is 52.3 Å². The largest absolute Gasteiger partial charge is 0.374 e. The van der Waals surface area contributed by atoms with E-state index in [0.29, 0.717) is 0 Å². The summed E-state index contributed by atoms with van der Waals surface area (Å²) in [5.41, 5.74) is 1.25. The highest BCUT2D eigenvalue weighted by atomic mass is 16.5. The van der Waals surface area contributed by atoms with Crippen molar-refractivity contribution in [1.29, 1.82) is 0 Å². The SMILES string of the molecule is CCCN1CCOC(C(NCC)c2ccnn2CCC)C1. The van der Waals surface area contributed by atoms with Gasteiger partial charge in [0, 0.05) is 25.8 Å². The number of ether oxygens (including phenoxy) is 1. The molecule has 5 heteroatoms. The van der Waals surface area contributed by atoms with Crippen molar-refractivity contribution in [1.82, 2.24) is 20.0 Å². The van der Waals surface area contributed by atoms with Gasteiger partial charge < -0.3 is 10.1 Å². The molecule has 0 saturated carbocycles. The van der Waals surface area contributed by atoms with Gasteiger partial charge in [-0.2, -0.15) is 5.10 Å². The third-order valence-electron chi connectivity index (χ3n) is 4.02. The lowest BCUT2D eigenvalue weighted by Gasteiger charge is -2.37. The molecule has 1 aliphatic rings. The second-order valence-corrected chi connectivity index (χ2v) is 5.72. The van der Waals surface area contributed by atoms with Gasteiger partial charge in [0.15, 0.2) is 0 Å². The first-order chi connectivity index (χ1) is 10.3. The Morgan fingerprint density at radius 3 is 2.86 bits per heavy atom. The van der Waals surface area contributed by atoms with Crippen LogP contribution in [0.1, 0.15) is 45.3 Å². The van der Waals surface area contributed by atoms with Crippen LogP contribution >= 0.6 is 0 Å². The van der Waals surface area contributed by atoms with E-state index in [-0.39, 0.29) is 12.1 Å². The van der Waals surface area contributed by atoms with E-state index in [4.69, 9.17) is 4.74 Å². The monoisotopic (exact) mass is 294 g/mol. The molecular weight excluding hydrogens is 264 g/mol. The molecule has 5 nitrogen and oxygen atoms in total. The third-order valence-corrected chi connectivity index (χ3v) is 4.02. The van der Waals surface area contributed by atoms with Gasteiger partial charge >= 0.3 is 0 Å². The predicted octanol–water partition coefficient (Wildman–Crippen LogP) is 2.05. The highest BCUT2D eigenvalue weighted by Gasteiger charge is 2.30. The van der Waals surface area contributed by atoms with Gasteiger partial charge in [-0.25, -0.2) is 0 Å². The molecule has 0 aliphatic carbocycles. The number of morpholine rings is 1. The predicted molar refractivity (Wildman–Crippen MR) is 85.4 cm³/mol. The Morgan fingerprint density at radius 2 is 2.14 bits per heavy atom. The van der Waals surface area contributed by atoms with Crippen LogP contribution in [0.2, 0.25) is 0 Å². The minimum Gasteiger partial charge on any atom is -0.374 e. The number of nitrogens with one attached hydrogen (secondary N) is 1. The molecule has 2 rings (SSSR count). The smallest absolute Gasteiger partial charge is 0.0912 e. The number of hydrogen-bond donors (Lipinski definition) is 1. The van der Waals surface area contributed by atoms with E-state index < -0.39 is 0 Å². The summed E-state index contributed by atoms with van der Waals surface area (Å²) in [6.45, 7) is 12.5. The molecule has 1 N–H and O–H groups in total. The van der Waals surface area contributed by atoms with Crippen molar-refractivity contribution in [3.63, 3.8) is 0 Å². The molecule has 1 fully saturated rings. The Hall–Kier alpha value is -0.910. The summed E-state index contributed by atoms with van der Waals surface area (Å²) < 4.78 is 8.20. The number of hydrogen-bond acceptors (Lipinski definition) is 4. The second kappa shape index (κ2) is 8.51. The highest BCUT2D eigenvalue weighted by molar-refractivity contribution is 5.10. The van der Waals surface area contributed by atoms with Gasteiger partial charge in [0.2, 0.25) is 0 Å². The van der Waals surface area contributed by atoms with Crippen LogP contribution in [-0.2, 0) is 11.3 Å². The fourth-order valence-corrected chi connectivity index (χ4v) is 3.10. The number of aromatic nitrogens is 2. The fourth-order valence-electron chi connectivity index (χ4n) is 3.10. The molecule has 2 atom stereocenters. The fraction of sp³-hybridized carbons (Fsp3) is 0.812. The Bertz CT molecular complexity index is 405.